The summed E-state index contributed by atoms with van der Waals surface area (Å²) in [4.78, 5) is 59.1. The molecule has 1 fully saturated rings. The summed E-state index contributed by atoms with van der Waals surface area (Å²) in [5.74, 6) is -0.926. The Morgan fingerprint density at radius 3 is 2.47 bits per heavy atom. The van der Waals surface area contributed by atoms with Gasteiger partial charge >= 0.3 is 5.69 Å². The van der Waals surface area contributed by atoms with Crippen molar-refractivity contribution in [1.82, 2.24) is 29.3 Å². The first-order chi connectivity index (χ1) is 21.3. The van der Waals surface area contributed by atoms with Crippen molar-refractivity contribution in [3.8, 4) is 16.9 Å². The average molecular weight is 632 g/mol. The number of piperazine rings is 1. The van der Waals surface area contributed by atoms with E-state index in [0.29, 0.717) is 29.9 Å². The van der Waals surface area contributed by atoms with E-state index in [4.69, 9.17) is 16.6 Å². The molecule has 0 radical (unpaired) electrons. The number of hydrogen-bond acceptors (Lipinski definition) is 7. The van der Waals surface area contributed by atoms with Crippen LogP contribution in [0.3, 0.4) is 0 Å². The van der Waals surface area contributed by atoms with E-state index in [0.717, 1.165) is 0 Å². The Kier molecular flexibility index (Phi) is 8.75. The molecule has 1 aliphatic heterocycles. The van der Waals surface area contributed by atoms with Crippen molar-refractivity contribution in [2.75, 3.05) is 32.1 Å². The van der Waals surface area contributed by atoms with Gasteiger partial charge in [0.1, 0.15) is 11.6 Å². The van der Waals surface area contributed by atoms with Crippen LogP contribution in [0.4, 0.5) is 10.2 Å². The van der Waals surface area contributed by atoms with Crippen LogP contribution in [0.2, 0.25) is 5.02 Å². The lowest BCUT2D eigenvalue weighted by atomic mass is 10.00. The van der Waals surface area contributed by atoms with Crippen LogP contribution in [0, 0.1) is 5.82 Å². The van der Waals surface area contributed by atoms with Crippen LogP contribution in [-0.2, 0) is 4.79 Å². The first kappa shape index (κ1) is 31.8. The molecule has 1 saturated heterocycles. The normalized spacial score (nSPS) is 16.7. The molecule has 234 valence electrons. The molecule has 4 aromatic rings. The van der Waals surface area contributed by atoms with Gasteiger partial charge in [-0.3, -0.25) is 9.59 Å². The summed E-state index contributed by atoms with van der Waals surface area (Å²) < 4.78 is 16.4. The number of nitrogens with zero attached hydrogens (tertiary/aromatic N) is 7. The predicted molar refractivity (Wildman–Crippen MR) is 174 cm³/mol. The summed E-state index contributed by atoms with van der Waals surface area (Å²) >= 11 is 6.81. The number of carbonyl (C=O) groups is 2. The van der Waals surface area contributed by atoms with Crippen LogP contribution in [-0.4, -0.2) is 80.4 Å². The molecule has 0 spiro atoms. The van der Waals surface area contributed by atoms with E-state index in [1.807, 2.05) is 32.6 Å². The number of pyridine rings is 2. The third-order valence-electron chi connectivity index (χ3n) is 8.06. The van der Waals surface area contributed by atoms with Gasteiger partial charge in [0.25, 0.3) is 5.91 Å². The molecule has 10 nitrogen and oxygen atoms in total. The van der Waals surface area contributed by atoms with Gasteiger partial charge in [-0.1, -0.05) is 44.2 Å². The van der Waals surface area contributed by atoms with Crippen molar-refractivity contribution >= 4 is 40.3 Å². The number of benzene rings is 1. The summed E-state index contributed by atoms with van der Waals surface area (Å²) in [6.45, 7) is 12.1. The van der Waals surface area contributed by atoms with Crippen molar-refractivity contribution in [3.63, 3.8) is 0 Å². The Balaban J connectivity index is 1.88. The number of halogens is 2. The highest BCUT2D eigenvalue weighted by Crippen LogP contribution is 2.37. The number of aromatic nitrogens is 4. The minimum Gasteiger partial charge on any atom is -0.349 e. The molecule has 0 aliphatic carbocycles. The van der Waals surface area contributed by atoms with E-state index >= 15 is 4.39 Å². The van der Waals surface area contributed by atoms with E-state index in [9.17, 15) is 14.4 Å². The molecule has 0 bridgehead atoms. The molecular formula is C33H35ClFN7O3. The lowest BCUT2D eigenvalue weighted by Gasteiger charge is -2.44. The van der Waals surface area contributed by atoms with Crippen LogP contribution in [0.1, 0.15) is 49.7 Å². The second-order valence-corrected chi connectivity index (χ2v) is 12.1. The number of rotatable bonds is 6. The molecule has 2 unspecified atom stereocenters. The fourth-order valence-corrected chi connectivity index (χ4v) is 6.01. The highest BCUT2D eigenvalue weighted by molar-refractivity contribution is 6.34. The van der Waals surface area contributed by atoms with E-state index < -0.39 is 17.4 Å². The molecular weight excluding hydrogens is 597 g/mol. The van der Waals surface area contributed by atoms with Crippen molar-refractivity contribution in [2.24, 2.45) is 0 Å². The molecule has 45 heavy (non-hydrogen) atoms. The van der Waals surface area contributed by atoms with E-state index in [1.54, 1.807) is 49.3 Å². The van der Waals surface area contributed by atoms with Crippen LogP contribution in [0.15, 0.2) is 60.0 Å². The van der Waals surface area contributed by atoms with Crippen LogP contribution in [0.5, 0.6) is 0 Å². The van der Waals surface area contributed by atoms with Gasteiger partial charge in [-0.2, -0.15) is 4.98 Å². The Hall–Kier alpha value is -4.64. The van der Waals surface area contributed by atoms with Gasteiger partial charge < -0.3 is 14.7 Å². The predicted octanol–water partition coefficient (Wildman–Crippen LogP) is 5.07. The molecule has 4 heterocycles. The second-order valence-electron chi connectivity index (χ2n) is 11.7. The molecule has 2 amide bonds. The number of amides is 2. The summed E-state index contributed by atoms with van der Waals surface area (Å²) in [6, 6.07) is 9.03. The zero-order valence-electron chi connectivity index (χ0n) is 26.1. The van der Waals surface area contributed by atoms with Crippen molar-refractivity contribution in [3.05, 3.63) is 87.8 Å². The summed E-state index contributed by atoms with van der Waals surface area (Å²) in [6.07, 6.45) is 2.82. The molecule has 5 rings (SSSR count). The van der Waals surface area contributed by atoms with Gasteiger partial charge in [0.2, 0.25) is 5.91 Å². The van der Waals surface area contributed by atoms with Gasteiger partial charge in [0, 0.05) is 51.0 Å². The number of carbonyl (C=O) groups excluding carboxylic acids is 2. The zero-order valence-corrected chi connectivity index (χ0v) is 26.8. The Morgan fingerprint density at radius 1 is 1.11 bits per heavy atom. The quantitative estimate of drug-likeness (QED) is 0.274. The molecule has 0 saturated carbocycles. The zero-order chi connectivity index (χ0) is 32.7. The lowest BCUT2D eigenvalue weighted by Crippen LogP contribution is -2.58. The Morgan fingerprint density at radius 2 is 1.82 bits per heavy atom. The number of hydrogen-bond donors (Lipinski definition) is 0. The average Bonchev–Trinajstić information content (AvgIpc) is 3.01. The van der Waals surface area contributed by atoms with Crippen LogP contribution in [0.25, 0.3) is 28.0 Å². The topological polar surface area (TPSA) is 105 Å². The molecule has 2 atom stereocenters. The smallest absolute Gasteiger partial charge is 0.349 e. The van der Waals surface area contributed by atoms with E-state index in [1.165, 1.54) is 27.8 Å². The van der Waals surface area contributed by atoms with Crippen LogP contribution < -0.4 is 10.6 Å². The van der Waals surface area contributed by atoms with Gasteiger partial charge in [0.05, 0.1) is 21.8 Å². The first-order valence-electron chi connectivity index (χ1n) is 14.6. The molecule has 1 aromatic carbocycles. The Bertz CT molecular complexity index is 1890. The maximum Gasteiger partial charge on any atom is 0.355 e. The maximum absolute atomic E-state index is 15.1. The number of fused-ring (bicyclic) bond motifs is 1. The second kappa shape index (κ2) is 12.4. The highest BCUT2D eigenvalue weighted by Gasteiger charge is 2.34. The van der Waals surface area contributed by atoms with Crippen molar-refractivity contribution in [2.45, 2.75) is 45.7 Å². The largest absolute Gasteiger partial charge is 0.355 e. The minimum absolute atomic E-state index is 0.0480. The van der Waals surface area contributed by atoms with Crippen LogP contribution >= 0.6 is 11.6 Å². The summed E-state index contributed by atoms with van der Waals surface area (Å²) in [5, 5.41) is 0.575. The first-order valence-corrected chi connectivity index (χ1v) is 15.0. The summed E-state index contributed by atoms with van der Waals surface area (Å²) in [5.41, 5.74) is 0.699. The van der Waals surface area contributed by atoms with E-state index in [-0.39, 0.29) is 57.2 Å². The fraction of sp³-hybridized carbons (Fsp3) is 0.333. The van der Waals surface area contributed by atoms with Crippen molar-refractivity contribution in [1.29, 1.82) is 0 Å². The third-order valence-corrected chi connectivity index (χ3v) is 8.34. The molecule has 0 N–H and O–H groups in total. The standard InChI is InChI=1S/C33H35ClFN7O3/c1-8-26(43)40-16-20(5)41(17-19(40)4)30-23-15-24(34)27(22-11-9-10-12-25(22)35)37-31(23)42(33(45)38-30)29-21(18(2)3)13-14-36-28(29)32(44)39(6)7/h8-15,18-20H,1,16-17H2,2-7H3. The van der Waals surface area contributed by atoms with Gasteiger partial charge in [0.15, 0.2) is 11.3 Å². The van der Waals surface area contributed by atoms with Gasteiger partial charge in [-0.25, -0.2) is 23.7 Å². The van der Waals surface area contributed by atoms with E-state index in [2.05, 4.69) is 16.5 Å². The molecule has 1 aliphatic rings. The fourth-order valence-electron chi connectivity index (χ4n) is 5.75. The molecule has 3 aromatic heterocycles. The summed E-state index contributed by atoms with van der Waals surface area (Å²) in [7, 11) is 3.21. The lowest BCUT2D eigenvalue weighted by molar-refractivity contribution is -0.128. The third kappa shape index (κ3) is 5.68. The Labute approximate surface area is 265 Å². The monoisotopic (exact) mass is 631 g/mol. The minimum atomic E-state index is -0.695. The molecule has 12 heteroatoms. The SMILES string of the molecule is C=CC(=O)N1CC(C)N(c2nc(=O)n(-c3c(C(C)C)ccnc3C(=O)N(C)C)c3nc(-c4ccccc4F)c(Cl)cc23)CC1C. The maximum atomic E-state index is 15.1. The van der Waals surface area contributed by atoms with Gasteiger partial charge in [-0.05, 0) is 55.7 Å². The number of anilines is 1. The van der Waals surface area contributed by atoms with Gasteiger partial charge in [-0.15, -0.1) is 0 Å². The highest BCUT2D eigenvalue weighted by atomic mass is 35.5. The van der Waals surface area contributed by atoms with Crippen molar-refractivity contribution < 1.29 is 14.0 Å².